The van der Waals surface area contributed by atoms with Crippen molar-refractivity contribution < 1.29 is 0 Å². The molecule has 0 atom stereocenters. The first-order valence-corrected chi connectivity index (χ1v) is 4.74. The summed E-state index contributed by atoms with van der Waals surface area (Å²) in [6, 6.07) is 3.46. The highest BCUT2D eigenvalue weighted by Gasteiger charge is 2.09. The first kappa shape index (κ1) is 9.27. The van der Waals surface area contributed by atoms with E-state index in [0.717, 1.165) is 0 Å². The lowest BCUT2D eigenvalue weighted by Crippen LogP contribution is -2.07. The minimum Gasteiger partial charge on any atom is -0.267 e. The molecule has 0 aromatic carbocycles. The molecule has 2 heterocycles. The van der Waals surface area contributed by atoms with Crippen LogP contribution in [0, 0.1) is 0 Å². The molecule has 0 aliphatic carbocycles. The summed E-state index contributed by atoms with van der Waals surface area (Å²) in [5.41, 5.74) is 0.482. The molecule has 1 N–H and O–H groups in total. The normalized spacial score (nSPS) is 11.4. The summed E-state index contributed by atoms with van der Waals surface area (Å²) >= 11 is 5.76. The summed E-state index contributed by atoms with van der Waals surface area (Å²) in [6.07, 6.45) is 0. The highest BCUT2D eigenvalue weighted by molar-refractivity contribution is 6.29. The van der Waals surface area contributed by atoms with Crippen molar-refractivity contribution in [2.24, 2.45) is 0 Å². The van der Waals surface area contributed by atoms with Gasteiger partial charge in [0.2, 0.25) is 0 Å². The summed E-state index contributed by atoms with van der Waals surface area (Å²) in [5, 5.41) is 3.69. The van der Waals surface area contributed by atoms with Gasteiger partial charge in [-0.3, -0.25) is 14.6 Å². The van der Waals surface area contributed by atoms with Gasteiger partial charge in [0.05, 0.1) is 5.39 Å². The minimum atomic E-state index is -0.127. The highest BCUT2D eigenvalue weighted by atomic mass is 35.5. The molecule has 2 rings (SSSR count). The van der Waals surface area contributed by atoms with Gasteiger partial charge in [0, 0.05) is 6.04 Å². The standard InChI is InChI=1S/C9H10ClN3O/c1-5(2)13-8-6(9(14)12-13)3-4-7(10)11-8/h3-5H,1-2H3,(H,12,14). The molecule has 2 aromatic heterocycles. The van der Waals surface area contributed by atoms with E-state index in [9.17, 15) is 4.79 Å². The molecule has 0 unspecified atom stereocenters. The van der Waals surface area contributed by atoms with Crippen LogP contribution in [0.25, 0.3) is 11.0 Å². The van der Waals surface area contributed by atoms with Crippen molar-refractivity contribution in [3.63, 3.8) is 0 Å². The number of aromatic amines is 1. The van der Waals surface area contributed by atoms with Gasteiger partial charge < -0.3 is 0 Å². The maximum atomic E-state index is 11.5. The zero-order valence-electron chi connectivity index (χ0n) is 7.91. The van der Waals surface area contributed by atoms with Gasteiger partial charge in [-0.15, -0.1) is 0 Å². The first-order chi connectivity index (χ1) is 6.59. The van der Waals surface area contributed by atoms with Crippen LogP contribution in [0.3, 0.4) is 0 Å². The van der Waals surface area contributed by atoms with Crippen LogP contribution in [-0.4, -0.2) is 14.8 Å². The molecule has 0 bridgehead atoms. The second-order valence-electron chi connectivity index (χ2n) is 3.41. The number of nitrogens with one attached hydrogen (secondary N) is 1. The number of pyridine rings is 1. The Morgan fingerprint density at radius 3 is 2.86 bits per heavy atom. The largest absolute Gasteiger partial charge is 0.273 e. The zero-order chi connectivity index (χ0) is 10.3. The SMILES string of the molecule is CC(C)n1[nH]c(=O)c2ccc(Cl)nc21. The van der Waals surface area contributed by atoms with Crippen molar-refractivity contribution in [1.82, 2.24) is 14.8 Å². The van der Waals surface area contributed by atoms with Crippen molar-refractivity contribution >= 4 is 22.6 Å². The van der Waals surface area contributed by atoms with Crippen LogP contribution in [0.15, 0.2) is 16.9 Å². The smallest absolute Gasteiger partial charge is 0.267 e. The van der Waals surface area contributed by atoms with E-state index in [4.69, 9.17) is 11.6 Å². The van der Waals surface area contributed by atoms with Crippen LogP contribution in [0.2, 0.25) is 5.15 Å². The summed E-state index contributed by atoms with van der Waals surface area (Å²) in [4.78, 5) is 15.6. The summed E-state index contributed by atoms with van der Waals surface area (Å²) in [7, 11) is 0. The average Bonchev–Trinajstić information content (AvgIpc) is 2.43. The Bertz CT molecular complexity index is 526. The van der Waals surface area contributed by atoms with E-state index in [-0.39, 0.29) is 11.6 Å². The van der Waals surface area contributed by atoms with Crippen molar-refractivity contribution in [1.29, 1.82) is 0 Å². The third kappa shape index (κ3) is 1.32. The molecular weight excluding hydrogens is 202 g/mol. The second kappa shape index (κ2) is 3.13. The van der Waals surface area contributed by atoms with E-state index in [2.05, 4.69) is 10.1 Å². The predicted octanol–water partition coefficient (Wildman–Crippen LogP) is 1.96. The number of aromatic nitrogens is 3. The molecule has 5 heteroatoms. The second-order valence-corrected chi connectivity index (χ2v) is 3.80. The molecule has 74 valence electrons. The van der Waals surface area contributed by atoms with Crippen LogP contribution in [0.1, 0.15) is 19.9 Å². The summed E-state index contributed by atoms with van der Waals surface area (Å²) in [6.45, 7) is 3.94. The average molecular weight is 212 g/mol. The molecular formula is C9H10ClN3O. The Hall–Kier alpha value is -1.29. The topological polar surface area (TPSA) is 50.7 Å². The molecule has 14 heavy (non-hydrogen) atoms. The Labute approximate surface area is 85.5 Å². The lowest BCUT2D eigenvalue weighted by Gasteiger charge is -2.06. The Balaban J connectivity index is 2.86. The Morgan fingerprint density at radius 2 is 2.21 bits per heavy atom. The maximum absolute atomic E-state index is 11.5. The zero-order valence-corrected chi connectivity index (χ0v) is 8.67. The van der Waals surface area contributed by atoms with Crippen LogP contribution in [0.4, 0.5) is 0 Å². The monoisotopic (exact) mass is 211 g/mol. The molecule has 0 aliphatic heterocycles. The van der Waals surface area contributed by atoms with Crippen LogP contribution < -0.4 is 5.56 Å². The van der Waals surface area contributed by atoms with Crippen LogP contribution in [-0.2, 0) is 0 Å². The van der Waals surface area contributed by atoms with Gasteiger partial charge in [0.1, 0.15) is 5.15 Å². The third-order valence-corrected chi connectivity index (χ3v) is 2.26. The highest BCUT2D eigenvalue weighted by Crippen LogP contribution is 2.14. The maximum Gasteiger partial charge on any atom is 0.273 e. The van der Waals surface area contributed by atoms with E-state index in [1.54, 1.807) is 16.8 Å². The van der Waals surface area contributed by atoms with Crippen molar-refractivity contribution in [3.8, 4) is 0 Å². The number of fused-ring (bicyclic) bond motifs is 1. The fourth-order valence-corrected chi connectivity index (χ4v) is 1.53. The minimum absolute atomic E-state index is 0.127. The van der Waals surface area contributed by atoms with Gasteiger partial charge in [0.15, 0.2) is 5.65 Å². The summed E-state index contributed by atoms with van der Waals surface area (Å²) in [5.74, 6) is 0. The van der Waals surface area contributed by atoms with Crippen molar-refractivity contribution in [2.45, 2.75) is 19.9 Å². The predicted molar refractivity (Wildman–Crippen MR) is 55.7 cm³/mol. The van der Waals surface area contributed by atoms with Crippen molar-refractivity contribution in [2.75, 3.05) is 0 Å². The lowest BCUT2D eigenvalue weighted by atomic mass is 10.3. The van der Waals surface area contributed by atoms with E-state index in [0.29, 0.717) is 16.2 Å². The molecule has 0 radical (unpaired) electrons. The van der Waals surface area contributed by atoms with Gasteiger partial charge in [0.25, 0.3) is 5.56 Å². The molecule has 0 amide bonds. The molecule has 2 aromatic rings. The van der Waals surface area contributed by atoms with Crippen molar-refractivity contribution in [3.05, 3.63) is 27.6 Å². The Morgan fingerprint density at radius 1 is 1.50 bits per heavy atom. The van der Waals surface area contributed by atoms with E-state index >= 15 is 0 Å². The summed E-state index contributed by atoms with van der Waals surface area (Å²) < 4.78 is 1.71. The van der Waals surface area contributed by atoms with Gasteiger partial charge >= 0.3 is 0 Å². The molecule has 0 fully saturated rings. The fraction of sp³-hybridized carbons (Fsp3) is 0.333. The van der Waals surface area contributed by atoms with Crippen LogP contribution >= 0.6 is 11.6 Å². The van der Waals surface area contributed by atoms with Crippen LogP contribution in [0.5, 0.6) is 0 Å². The molecule has 0 saturated heterocycles. The lowest BCUT2D eigenvalue weighted by molar-refractivity contribution is 0.542. The number of H-pyrrole nitrogens is 1. The molecule has 0 spiro atoms. The molecule has 0 saturated carbocycles. The first-order valence-electron chi connectivity index (χ1n) is 4.36. The molecule has 0 aliphatic rings. The quantitative estimate of drug-likeness (QED) is 0.734. The fourth-order valence-electron chi connectivity index (χ4n) is 1.38. The van der Waals surface area contributed by atoms with Gasteiger partial charge in [-0.25, -0.2) is 4.98 Å². The molecule has 4 nitrogen and oxygen atoms in total. The van der Waals surface area contributed by atoms with E-state index < -0.39 is 0 Å². The number of hydrogen-bond acceptors (Lipinski definition) is 2. The number of halogens is 1. The van der Waals surface area contributed by atoms with Gasteiger partial charge in [-0.05, 0) is 26.0 Å². The third-order valence-electron chi connectivity index (χ3n) is 2.05. The number of hydrogen-bond donors (Lipinski definition) is 1. The van der Waals surface area contributed by atoms with Gasteiger partial charge in [-0.1, -0.05) is 11.6 Å². The van der Waals surface area contributed by atoms with E-state index in [1.807, 2.05) is 13.8 Å². The number of nitrogens with zero attached hydrogens (tertiary/aromatic N) is 2. The van der Waals surface area contributed by atoms with E-state index in [1.165, 1.54) is 0 Å². The van der Waals surface area contributed by atoms with Gasteiger partial charge in [-0.2, -0.15) is 0 Å². The Kier molecular flexibility index (Phi) is 2.07. The number of rotatable bonds is 1.